The predicted octanol–water partition coefficient (Wildman–Crippen LogP) is 3.96. The third kappa shape index (κ3) is 6.08. The zero-order valence-electron chi connectivity index (χ0n) is 19.6. The number of sulfonamides is 1. The van der Waals surface area contributed by atoms with E-state index < -0.39 is 10.0 Å². The van der Waals surface area contributed by atoms with Crippen LogP contribution in [0.5, 0.6) is 0 Å². The van der Waals surface area contributed by atoms with Gasteiger partial charge < -0.3 is 10.2 Å². The first-order valence-corrected chi connectivity index (χ1v) is 13.1. The Bertz CT molecular complexity index is 1310. The highest BCUT2D eigenvalue weighted by molar-refractivity contribution is 7.92. The van der Waals surface area contributed by atoms with Crippen LogP contribution in [0.15, 0.2) is 83.8 Å². The second kappa shape index (κ2) is 10.7. The highest BCUT2D eigenvalue weighted by Gasteiger charge is 2.29. The second-order valence-corrected chi connectivity index (χ2v) is 10.4. The van der Waals surface area contributed by atoms with E-state index in [1.807, 2.05) is 30.3 Å². The van der Waals surface area contributed by atoms with Crippen LogP contribution in [0.1, 0.15) is 34.3 Å². The molecule has 1 fully saturated rings. The molecular formula is C27H29N3O4S. The lowest BCUT2D eigenvalue weighted by molar-refractivity contribution is -0.126. The number of hydrogen-bond acceptors (Lipinski definition) is 4. The van der Waals surface area contributed by atoms with Gasteiger partial charge >= 0.3 is 0 Å². The van der Waals surface area contributed by atoms with E-state index in [2.05, 4.69) is 10.0 Å². The Morgan fingerprint density at radius 2 is 1.71 bits per heavy atom. The van der Waals surface area contributed by atoms with Crippen LogP contribution < -0.4 is 10.0 Å². The summed E-state index contributed by atoms with van der Waals surface area (Å²) in [6.07, 6.45) is 1.45. The normalized spacial score (nSPS) is 15.9. The van der Waals surface area contributed by atoms with E-state index in [0.717, 1.165) is 18.4 Å². The number of benzene rings is 3. The Kier molecular flexibility index (Phi) is 7.51. The minimum absolute atomic E-state index is 0.0638. The van der Waals surface area contributed by atoms with E-state index in [9.17, 15) is 18.0 Å². The third-order valence-corrected chi connectivity index (χ3v) is 7.68. The summed E-state index contributed by atoms with van der Waals surface area (Å²) in [7, 11) is -3.79. The summed E-state index contributed by atoms with van der Waals surface area (Å²) in [5, 5.41) is 2.97. The van der Waals surface area contributed by atoms with Crippen LogP contribution in [-0.2, 0) is 21.4 Å². The molecule has 1 aliphatic rings. The molecular weight excluding hydrogens is 462 g/mol. The number of anilines is 1. The number of rotatable bonds is 7. The first-order chi connectivity index (χ1) is 16.8. The molecule has 0 spiro atoms. The van der Waals surface area contributed by atoms with Crippen molar-refractivity contribution in [3.05, 3.63) is 95.6 Å². The topological polar surface area (TPSA) is 95.6 Å². The van der Waals surface area contributed by atoms with Crippen molar-refractivity contribution in [2.24, 2.45) is 5.92 Å². The summed E-state index contributed by atoms with van der Waals surface area (Å²) >= 11 is 0. The fourth-order valence-electron chi connectivity index (χ4n) is 4.27. The lowest BCUT2D eigenvalue weighted by Crippen LogP contribution is -2.45. The summed E-state index contributed by atoms with van der Waals surface area (Å²) in [5.41, 5.74) is 2.35. The van der Waals surface area contributed by atoms with Crippen LogP contribution >= 0.6 is 0 Å². The monoisotopic (exact) mass is 491 g/mol. The van der Waals surface area contributed by atoms with E-state index in [-0.39, 0.29) is 22.6 Å². The lowest BCUT2D eigenvalue weighted by Gasteiger charge is -2.32. The zero-order chi connectivity index (χ0) is 24.8. The van der Waals surface area contributed by atoms with E-state index in [1.54, 1.807) is 54.3 Å². The van der Waals surface area contributed by atoms with Gasteiger partial charge in [0.05, 0.1) is 10.8 Å². The van der Waals surface area contributed by atoms with Crippen molar-refractivity contribution in [3.8, 4) is 0 Å². The second-order valence-electron chi connectivity index (χ2n) is 8.75. The average molecular weight is 492 g/mol. The molecule has 0 saturated carbocycles. The molecule has 3 aromatic rings. The number of nitrogens with one attached hydrogen (secondary N) is 2. The van der Waals surface area contributed by atoms with Crippen LogP contribution in [0.2, 0.25) is 0 Å². The van der Waals surface area contributed by atoms with Crippen LogP contribution in [0.4, 0.5) is 5.69 Å². The van der Waals surface area contributed by atoms with Crippen molar-refractivity contribution in [1.29, 1.82) is 0 Å². The van der Waals surface area contributed by atoms with Crippen molar-refractivity contribution in [3.63, 3.8) is 0 Å². The molecule has 35 heavy (non-hydrogen) atoms. The fraction of sp³-hybridized carbons (Fsp3) is 0.259. The summed E-state index contributed by atoms with van der Waals surface area (Å²) in [5.74, 6) is -0.562. The molecule has 3 aromatic carbocycles. The molecule has 1 atom stereocenters. The van der Waals surface area contributed by atoms with Gasteiger partial charge in [0.2, 0.25) is 5.91 Å². The number of aryl methyl sites for hydroxylation is 1. The van der Waals surface area contributed by atoms with Crippen molar-refractivity contribution in [1.82, 2.24) is 10.2 Å². The van der Waals surface area contributed by atoms with E-state index in [1.165, 1.54) is 6.07 Å². The standard InChI is InChI=1S/C27H29N3O4S/c1-20-9-5-6-15-25(20)35(33,34)29-24-14-7-12-22(17-24)27(32)30-16-8-13-23(19-30)26(31)28-18-21-10-3-2-4-11-21/h2-7,9-12,14-15,17,23,29H,8,13,16,18-19H2,1H3,(H,28,31). The van der Waals surface area contributed by atoms with Crippen molar-refractivity contribution in [2.45, 2.75) is 31.2 Å². The molecule has 1 heterocycles. The summed E-state index contributed by atoms with van der Waals surface area (Å²) in [6, 6.07) is 22.9. The van der Waals surface area contributed by atoms with Crippen molar-refractivity contribution < 1.29 is 18.0 Å². The van der Waals surface area contributed by atoms with Crippen LogP contribution in [0, 0.1) is 12.8 Å². The summed E-state index contributed by atoms with van der Waals surface area (Å²) in [6.45, 7) is 3.07. The highest BCUT2D eigenvalue weighted by Crippen LogP contribution is 2.23. The Hall–Kier alpha value is -3.65. The van der Waals surface area contributed by atoms with Gasteiger partial charge in [0.25, 0.3) is 15.9 Å². The molecule has 182 valence electrons. The summed E-state index contributed by atoms with van der Waals surface area (Å²) in [4.78, 5) is 27.8. The molecule has 8 heteroatoms. The predicted molar refractivity (Wildman–Crippen MR) is 135 cm³/mol. The maximum absolute atomic E-state index is 13.2. The Labute approximate surface area is 206 Å². The van der Waals surface area contributed by atoms with Gasteiger partial charge in [-0.1, -0.05) is 54.6 Å². The SMILES string of the molecule is Cc1ccccc1S(=O)(=O)Nc1cccc(C(=O)N2CCCC(C(=O)NCc3ccccc3)C2)c1. The number of piperidine rings is 1. The van der Waals surface area contributed by atoms with Crippen LogP contribution in [0.3, 0.4) is 0 Å². The number of hydrogen-bond donors (Lipinski definition) is 2. The number of carbonyl (C=O) groups excluding carboxylic acids is 2. The Morgan fingerprint density at radius 1 is 0.971 bits per heavy atom. The molecule has 1 unspecified atom stereocenters. The Balaban J connectivity index is 1.41. The van der Waals surface area contributed by atoms with Crippen molar-refractivity contribution in [2.75, 3.05) is 17.8 Å². The van der Waals surface area contributed by atoms with Gasteiger partial charge in [0, 0.05) is 30.9 Å². The smallest absolute Gasteiger partial charge is 0.262 e. The first kappa shape index (κ1) is 24.5. The van der Waals surface area contributed by atoms with Crippen LogP contribution in [-0.4, -0.2) is 38.2 Å². The molecule has 4 rings (SSSR count). The lowest BCUT2D eigenvalue weighted by atomic mass is 9.96. The molecule has 2 amide bonds. The van der Waals surface area contributed by atoms with Gasteiger partial charge in [-0.2, -0.15) is 0 Å². The molecule has 0 aliphatic carbocycles. The van der Waals surface area contributed by atoms with Crippen LogP contribution in [0.25, 0.3) is 0 Å². The maximum atomic E-state index is 13.2. The van der Waals surface area contributed by atoms with Gasteiger partial charge in [-0.25, -0.2) is 8.42 Å². The molecule has 1 aliphatic heterocycles. The van der Waals surface area contributed by atoms with Gasteiger partial charge in [-0.15, -0.1) is 0 Å². The Morgan fingerprint density at radius 3 is 2.49 bits per heavy atom. The minimum atomic E-state index is -3.79. The van der Waals surface area contributed by atoms with Gasteiger partial charge in [-0.05, 0) is 55.2 Å². The van der Waals surface area contributed by atoms with Crippen molar-refractivity contribution >= 4 is 27.5 Å². The third-order valence-electron chi connectivity index (χ3n) is 6.13. The van der Waals surface area contributed by atoms with E-state index in [0.29, 0.717) is 36.4 Å². The molecule has 0 aromatic heterocycles. The zero-order valence-corrected chi connectivity index (χ0v) is 20.4. The van der Waals surface area contributed by atoms with E-state index in [4.69, 9.17) is 0 Å². The van der Waals surface area contributed by atoms with Gasteiger partial charge in [-0.3, -0.25) is 14.3 Å². The number of likely N-dealkylation sites (tertiary alicyclic amines) is 1. The minimum Gasteiger partial charge on any atom is -0.352 e. The fourth-order valence-corrected chi connectivity index (χ4v) is 5.57. The molecule has 2 N–H and O–H groups in total. The van der Waals surface area contributed by atoms with Gasteiger partial charge in [0.15, 0.2) is 0 Å². The number of carbonyl (C=O) groups is 2. The average Bonchev–Trinajstić information content (AvgIpc) is 2.87. The highest BCUT2D eigenvalue weighted by atomic mass is 32.2. The molecule has 7 nitrogen and oxygen atoms in total. The number of amides is 2. The maximum Gasteiger partial charge on any atom is 0.262 e. The largest absolute Gasteiger partial charge is 0.352 e. The molecule has 0 radical (unpaired) electrons. The quantitative estimate of drug-likeness (QED) is 0.523. The molecule has 0 bridgehead atoms. The van der Waals surface area contributed by atoms with Gasteiger partial charge in [0.1, 0.15) is 0 Å². The number of nitrogens with zero attached hydrogens (tertiary/aromatic N) is 1. The first-order valence-electron chi connectivity index (χ1n) is 11.6. The van der Waals surface area contributed by atoms with E-state index >= 15 is 0 Å². The summed E-state index contributed by atoms with van der Waals surface area (Å²) < 4.78 is 28.2. The molecule has 1 saturated heterocycles.